The summed E-state index contributed by atoms with van der Waals surface area (Å²) in [4.78, 5) is 25.8. The molecule has 188 valence electrons. The lowest BCUT2D eigenvalue weighted by Crippen LogP contribution is -2.20. The number of carbonyl (C=O) groups is 2. The molecule has 4 nitrogen and oxygen atoms in total. The highest BCUT2D eigenvalue weighted by Gasteiger charge is 2.25. The Morgan fingerprint density at radius 3 is 1.55 bits per heavy atom. The van der Waals surface area contributed by atoms with Crippen molar-refractivity contribution in [2.75, 3.05) is 13.2 Å². The number of benzene rings is 1. The van der Waals surface area contributed by atoms with Crippen molar-refractivity contribution in [3.63, 3.8) is 0 Å². The highest BCUT2D eigenvalue weighted by atomic mass is 16.5. The van der Waals surface area contributed by atoms with E-state index in [0.29, 0.717) is 36.2 Å². The summed E-state index contributed by atoms with van der Waals surface area (Å²) in [5, 5.41) is 0. The molecule has 1 rings (SSSR count). The largest absolute Gasteiger partial charge is 0.462 e. The van der Waals surface area contributed by atoms with Crippen molar-refractivity contribution < 1.29 is 19.1 Å². The lowest BCUT2D eigenvalue weighted by atomic mass is 9.82. The summed E-state index contributed by atoms with van der Waals surface area (Å²) in [5.74, 6) is 0.514. The Bertz CT molecular complexity index is 741. The molecule has 0 spiro atoms. The lowest BCUT2D eigenvalue weighted by Gasteiger charge is -2.23. The molecule has 0 N–H and O–H groups in total. The van der Waals surface area contributed by atoms with Crippen LogP contribution in [0.1, 0.15) is 132 Å². The molecule has 4 heteroatoms. The third kappa shape index (κ3) is 11.2. The van der Waals surface area contributed by atoms with E-state index >= 15 is 0 Å². The summed E-state index contributed by atoms with van der Waals surface area (Å²) < 4.78 is 11.1. The maximum atomic E-state index is 13.0. The summed E-state index contributed by atoms with van der Waals surface area (Å²) in [7, 11) is 0. The number of hydrogen-bond donors (Lipinski definition) is 0. The molecule has 0 heterocycles. The van der Waals surface area contributed by atoms with Crippen molar-refractivity contribution in [3.8, 4) is 0 Å². The van der Waals surface area contributed by atoms with E-state index in [1.54, 1.807) is 6.07 Å². The number of ether oxygens (including phenoxy) is 2. The first-order valence-corrected chi connectivity index (χ1v) is 12.9. The second kappa shape index (κ2) is 14.4. The molecule has 0 saturated carbocycles. The molecule has 0 bridgehead atoms. The fraction of sp³-hybridized carbons (Fsp3) is 0.724. The molecule has 1 aromatic carbocycles. The number of hydrogen-bond acceptors (Lipinski definition) is 4. The number of rotatable bonds is 14. The first-order valence-electron chi connectivity index (χ1n) is 12.9. The van der Waals surface area contributed by atoms with Crippen LogP contribution in [0.3, 0.4) is 0 Å². The molecule has 0 saturated heterocycles. The number of aryl methyl sites for hydroxylation is 1. The minimum Gasteiger partial charge on any atom is -0.462 e. The van der Waals surface area contributed by atoms with Gasteiger partial charge in [-0.2, -0.15) is 0 Å². The molecular formula is C29H48O4. The van der Waals surface area contributed by atoms with Gasteiger partial charge in [-0.3, -0.25) is 0 Å². The number of unbranched alkanes of at least 4 members (excludes halogenated alkanes) is 4. The summed E-state index contributed by atoms with van der Waals surface area (Å²) in [6.45, 7) is 17.9. The summed E-state index contributed by atoms with van der Waals surface area (Å²) >= 11 is 0. The molecule has 0 radical (unpaired) electrons. The fourth-order valence-corrected chi connectivity index (χ4v) is 4.00. The predicted molar refractivity (Wildman–Crippen MR) is 137 cm³/mol. The van der Waals surface area contributed by atoms with Crippen molar-refractivity contribution in [2.45, 2.75) is 112 Å². The Kier molecular flexibility index (Phi) is 12.8. The molecule has 0 atom stereocenters. The molecular weight excluding hydrogens is 412 g/mol. The molecule has 0 fully saturated rings. The molecule has 1 aromatic rings. The summed E-state index contributed by atoms with van der Waals surface area (Å²) in [6, 6.07) is 3.62. The average molecular weight is 461 g/mol. The van der Waals surface area contributed by atoms with Gasteiger partial charge in [-0.15, -0.1) is 0 Å². The van der Waals surface area contributed by atoms with Crippen LogP contribution in [0, 0.1) is 18.8 Å². The van der Waals surface area contributed by atoms with Crippen LogP contribution in [0.4, 0.5) is 0 Å². The van der Waals surface area contributed by atoms with E-state index in [2.05, 4.69) is 48.5 Å². The quantitative estimate of drug-likeness (QED) is 0.208. The van der Waals surface area contributed by atoms with E-state index in [0.717, 1.165) is 49.7 Å². The van der Waals surface area contributed by atoms with Crippen LogP contribution in [0.5, 0.6) is 0 Å². The van der Waals surface area contributed by atoms with Gasteiger partial charge in [0.25, 0.3) is 0 Å². The maximum absolute atomic E-state index is 13.0. The molecule has 0 aliphatic carbocycles. The second-order valence-corrected chi connectivity index (χ2v) is 11.2. The Morgan fingerprint density at radius 2 is 1.15 bits per heavy atom. The monoisotopic (exact) mass is 460 g/mol. The lowest BCUT2D eigenvalue weighted by molar-refractivity contribution is 0.0450. The first-order chi connectivity index (χ1) is 15.4. The van der Waals surface area contributed by atoms with Crippen molar-refractivity contribution in [1.82, 2.24) is 0 Å². The van der Waals surface area contributed by atoms with E-state index < -0.39 is 11.9 Å². The zero-order valence-electron chi connectivity index (χ0n) is 22.5. The third-order valence-electron chi connectivity index (χ3n) is 5.93. The van der Waals surface area contributed by atoms with Gasteiger partial charge in [-0.25, -0.2) is 9.59 Å². The third-order valence-corrected chi connectivity index (χ3v) is 5.93. The van der Waals surface area contributed by atoms with E-state index in [9.17, 15) is 9.59 Å². The standard InChI is InChI=1S/C29H48O4/c1-21(2)15-11-9-13-17-32-27(30)24-19-23(5)26(29(6,7)8)20-25(24)28(31)33-18-14-10-12-16-22(3)4/h19-22H,9-18H2,1-8H3. The molecule has 0 unspecified atom stereocenters. The van der Waals surface area contributed by atoms with Crippen molar-refractivity contribution in [2.24, 2.45) is 11.8 Å². The van der Waals surface area contributed by atoms with Crippen LogP contribution in [0.2, 0.25) is 0 Å². The van der Waals surface area contributed by atoms with Crippen LogP contribution >= 0.6 is 0 Å². The van der Waals surface area contributed by atoms with Gasteiger partial charge >= 0.3 is 11.9 Å². The number of carbonyl (C=O) groups excluding carboxylic acids is 2. The number of esters is 2. The Labute approximate surface area is 202 Å². The minimum atomic E-state index is -0.439. The van der Waals surface area contributed by atoms with Gasteiger partial charge in [-0.05, 0) is 60.3 Å². The maximum Gasteiger partial charge on any atom is 0.339 e. The summed E-state index contributed by atoms with van der Waals surface area (Å²) in [5.41, 5.74) is 2.51. The highest BCUT2D eigenvalue weighted by molar-refractivity contribution is 6.03. The Balaban J connectivity index is 2.83. The van der Waals surface area contributed by atoms with Gasteiger partial charge in [0.05, 0.1) is 24.3 Å². The first kappa shape index (κ1) is 29.2. The van der Waals surface area contributed by atoms with Crippen LogP contribution in [0.25, 0.3) is 0 Å². The van der Waals surface area contributed by atoms with Crippen LogP contribution in [0.15, 0.2) is 12.1 Å². The van der Waals surface area contributed by atoms with Gasteiger partial charge in [0.1, 0.15) is 0 Å². The Hall–Kier alpha value is -1.84. The van der Waals surface area contributed by atoms with Crippen LogP contribution in [-0.4, -0.2) is 25.2 Å². The normalized spacial score (nSPS) is 11.8. The zero-order chi connectivity index (χ0) is 25.0. The average Bonchev–Trinajstić information content (AvgIpc) is 2.71. The SMILES string of the molecule is Cc1cc(C(=O)OCCCCCC(C)C)c(C(=O)OCCCCCC(C)C)cc1C(C)(C)C. The van der Waals surface area contributed by atoms with Crippen LogP contribution in [-0.2, 0) is 14.9 Å². The molecule has 0 aliphatic heterocycles. The van der Waals surface area contributed by atoms with E-state index in [-0.39, 0.29) is 5.41 Å². The molecule has 33 heavy (non-hydrogen) atoms. The van der Waals surface area contributed by atoms with Gasteiger partial charge in [-0.1, -0.05) is 87.0 Å². The van der Waals surface area contributed by atoms with Gasteiger partial charge < -0.3 is 9.47 Å². The summed E-state index contributed by atoms with van der Waals surface area (Å²) in [6.07, 6.45) is 8.42. The van der Waals surface area contributed by atoms with E-state index in [4.69, 9.17) is 9.47 Å². The van der Waals surface area contributed by atoms with Gasteiger partial charge in [0.2, 0.25) is 0 Å². The second-order valence-electron chi connectivity index (χ2n) is 11.2. The highest BCUT2D eigenvalue weighted by Crippen LogP contribution is 2.29. The topological polar surface area (TPSA) is 52.6 Å². The van der Waals surface area contributed by atoms with Crippen molar-refractivity contribution in [3.05, 3.63) is 34.4 Å². The fourth-order valence-electron chi connectivity index (χ4n) is 4.00. The van der Waals surface area contributed by atoms with Gasteiger partial charge in [0, 0.05) is 0 Å². The Morgan fingerprint density at radius 1 is 0.727 bits per heavy atom. The predicted octanol–water partition coefficient (Wildman–Crippen LogP) is 8.04. The smallest absolute Gasteiger partial charge is 0.339 e. The minimum absolute atomic E-state index is 0.144. The van der Waals surface area contributed by atoms with Crippen LogP contribution < -0.4 is 0 Å². The zero-order valence-corrected chi connectivity index (χ0v) is 22.5. The van der Waals surface area contributed by atoms with Gasteiger partial charge in [0.15, 0.2) is 0 Å². The molecule has 0 amide bonds. The van der Waals surface area contributed by atoms with E-state index in [1.807, 2.05) is 13.0 Å². The van der Waals surface area contributed by atoms with E-state index in [1.165, 1.54) is 12.8 Å². The molecule has 0 aromatic heterocycles. The van der Waals surface area contributed by atoms with Crippen molar-refractivity contribution in [1.29, 1.82) is 0 Å². The van der Waals surface area contributed by atoms with Crippen molar-refractivity contribution >= 4 is 11.9 Å². The molecule has 0 aliphatic rings.